The number of carboxylic acid groups (broad SMARTS) is 1. The third kappa shape index (κ3) is 6.77. The lowest BCUT2D eigenvalue weighted by Crippen LogP contribution is -2.38. The van der Waals surface area contributed by atoms with Gasteiger partial charge in [-0.3, -0.25) is 9.78 Å². The van der Waals surface area contributed by atoms with E-state index in [-0.39, 0.29) is 28.4 Å². The number of carbonyl (C=O) groups is 2. The molecule has 1 N–H and O–H groups in total. The zero-order valence-corrected chi connectivity index (χ0v) is 22.2. The zero-order valence-electron chi connectivity index (χ0n) is 21.5. The van der Waals surface area contributed by atoms with Crippen molar-refractivity contribution >= 4 is 29.2 Å². The molecular formula is C28H21ClF4N4O4. The molecule has 0 unspecified atom stereocenters. The van der Waals surface area contributed by atoms with Crippen LogP contribution < -0.4 is 9.64 Å². The highest BCUT2D eigenvalue weighted by Crippen LogP contribution is 2.39. The second-order valence-corrected chi connectivity index (χ2v) is 9.51. The Morgan fingerprint density at radius 1 is 1.05 bits per heavy atom. The second kappa shape index (κ2) is 11.9. The molecule has 41 heavy (non-hydrogen) atoms. The van der Waals surface area contributed by atoms with Gasteiger partial charge < -0.3 is 14.7 Å². The number of hydrogen-bond acceptors (Lipinski definition) is 6. The summed E-state index contributed by atoms with van der Waals surface area (Å²) in [6.07, 6.45) is 0.548. The Morgan fingerprint density at radius 3 is 2.39 bits per heavy atom. The third-order valence-corrected chi connectivity index (χ3v) is 6.00. The molecule has 4 rings (SSSR count). The molecule has 0 fully saturated rings. The number of hydrogen-bond donors (Lipinski definition) is 1. The monoisotopic (exact) mass is 588 g/mol. The fourth-order valence-corrected chi connectivity index (χ4v) is 4.07. The molecule has 0 bridgehead atoms. The maximum atomic E-state index is 15.3. The number of alkyl halides is 3. The summed E-state index contributed by atoms with van der Waals surface area (Å²) in [6.45, 7) is 3.13. The number of ether oxygens (including phenoxy) is 1. The number of nitrogens with zero attached hydrogens (tertiary/aromatic N) is 4. The summed E-state index contributed by atoms with van der Waals surface area (Å²) in [5.74, 6) is -5.36. The standard InChI is InChI=1S/C28H21ClF4N4O4/c1-15(2)37(26(38)22-6-5-18(29)14-35-22)23-11-21(30)24(10-19(23)27(39)40)41-25-20(28(31,32)33)9-17(13-36-25)8-16-4-3-7-34-12-16/h3-7,9-15H,8H2,1-2H3,(H,39,40). The molecule has 13 heteroatoms. The van der Waals surface area contributed by atoms with Crippen molar-refractivity contribution in [2.75, 3.05) is 4.90 Å². The van der Waals surface area contributed by atoms with Crippen LogP contribution in [0.5, 0.6) is 11.6 Å². The maximum absolute atomic E-state index is 15.3. The quantitative estimate of drug-likeness (QED) is 0.225. The predicted molar refractivity (Wildman–Crippen MR) is 141 cm³/mol. The van der Waals surface area contributed by atoms with Crippen LogP contribution in [0.3, 0.4) is 0 Å². The van der Waals surface area contributed by atoms with Gasteiger partial charge in [0, 0.05) is 49.4 Å². The molecule has 0 aliphatic carbocycles. The van der Waals surface area contributed by atoms with E-state index in [0.29, 0.717) is 17.7 Å². The second-order valence-electron chi connectivity index (χ2n) is 9.07. The molecule has 0 atom stereocenters. The lowest BCUT2D eigenvalue weighted by Gasteiger charge is -2.28. The Morgan fingerprint density at radius 2 is 1.80 bits per heavy atom. The van der Waals surface area contributed by atoms with E-state index in [1.54, 1.807) is 26.0 Å². The van der Waals surface area contributed by atoms with E-state index in [2.05, 4.69) is 15.0 Å². The van der Waals surface area contributed by atoms with Gasteiger partial charge >= 0.3 is 12.1 Å². The highest BCUT2D eigenvalue weighted by Gasteiger charge is 2.36. The van der Waals surface area contributed by atoms with Gasteiger partial charge in [-0.2, -0.15) is 13.2 Å². The fraction of sp³-hybridized carbons (Fsp3) is 0.179. The molecule has 212 valence electrons. The van der Waals surface area contributed by atoms with Crippen molar-refractivity contribution in [2.24, 2.45) is 0 Å². The smallest absolute Gasteiger partial charge is 0.421 e. The van der Waals surface area contributed by atoms with E-state index in [9.17, 15) is 27.9 Å². The van der Waals surface area contributed by atoms with Crippen molar-refractivity contribution in [3.63, 3.8) is 0 Å². The van der Waals surface area contributed by atoms with Crippen LogP contribution in [0.2, 0.25) is 5.02 Å². The van der Waals surface area contributed by atoms with E-state index >= 15 is 4.39 Å². The molecule has 3 aromatic heterocycles. The summed E-state index contributed by atoms with van der Waals surface area (Å²) < 4.78 is 62.3. The minimum absolute atomic E-state index is 0.0921. The van der Waals surface area contributed by atoms with E-state index in [1.807, 2.05) is 0 Å². The van der Waals surface area contributed by atoms with Gasteiger partial charge in [-0.25, -0.2) is 19.2 Å². The van der Waals surface area contributed by atoms with Gasteiger partial charge in [0.25, 0.3) is 5.91 Å². The van der Waals surface area contributed by atoms with Gasteiger partial charge in [0.15, 0.2) is 11.6 Å². The zero-order chi connectivity index (χ0) is 29.9. The van der Waals surface area contributed by atoms with Gasteiger partial charge in [-0.1, -0.05) is 17.7 Å². The molecular weight excluding hydrogens is 568 g/mol. The molecule has 3 heterocycles. The van der Waals surface area contributed by atoms with Crippen LogP contribution in [0.1, 0.15) is 51.4 Å². The fourth-order valence-electron chi connectivity index (χ4n) is 3.96. The first kappa shape index (κ1) is 29.4. The van der Waals surface area contributed by atoms with Gasteiger partial charge in [-0.05, 0) is 49.2 Å². The molecule has 0 aliphatic rings. The molecule has 0 spiro atoms. The van der Waals surface area contributed by atoms with Crippen molar-refractivity contribution in [3.8, 4) is 11.6 Å². The largest absolute Gasteiger partial charge is 0.478 e. The molecule has 8 nitrogen and oxygen atoms in total. The molecule has 1 aromatic carbocycles. The predicted octanol–water partition coefficient (Wildman–Crippen LogP) is 6.82. The Labute approximate surface area is 236 Å². The third-order valence-electron chi connectivity index (χ3n) is 5.77. The topological polar surface area (TPSA) is 106 Å². The summed E-state index contributed by atoms with van der Waals surface area (Å²) >= 11 is 5.82. The average Bonchev–Trinajstić information content (AvgIpc) is 2.91. The Kier molecular flexibility index (Phi) is 8.52. The Hall–Kier alpha value is -4.58. The van der Waals surface area contributed by atoms with Crippen LogP contribution in [-0.2, 0) is 12.6 Å². The normalized spacial score (nSPS) is 11.4. The molecule has 1 amide bonds. The van der Waals surface area contributed by atoms with Crippen LogP contribution in [0, 0.1) is 5.82 Å². The van der Waals surface area contributed by atoms with E-state index in [1.165, 1.54) is 30.7 Å². The van der Waals surface area contributed by atoms with Gasteiger partial charge in [0.2, 0.25) is 5.88 Å². The van der Waals surface area contributed by atoms with Crippen molar-refractivity contribution < 1.29 is 37.0 Å². The lowest BCUT2D eigenvalue weighted by molar-refractivity contribution is -0.139. The van der Waals surface area contributed by atoms with E-state index in [0.717, 1.165) is 17.2 Å². The number of halogens is 5. The van der Waals surface area contributed by atoms with E-state index < -0.39 is 52.7 Å². The first-order valence-corrected chi connectivity index (χ1v) is 12.4. The van der Waals surface area contributed by atoms with Crippen LogP contribution in [0.4, 0.5) is 23.2 Å². The number of pyridine rings is 3. The van der Waals surface area contributed by atoms with Gasteiger partial charge in [-0.15, -0.1) is 0 Å². The summed E-state index contributed by atoms with van der Waals surface area (Å²) in [7, 11) is 0. The number of benzene rings is 1. The summed E-state index contributed by atoms with van der Waals surface area (Å²) in [4.78, 5) is 38.0. The van der Waals surface area contributed by atoms with Crippen LogP contribution in [0.25, 0.3) is 0 Å². The van der Waals surface area contributed by atoms with Crippen molar-refractivity contribution in [3.05, 3.63) is 106 Å². The van der Waals surface area contributed by atoms with Gasteiger partial charge in [0.05, 0.1) is 16.3 Å². The molecule has 0 aliphatic heterocycles. The SMILES string of the molecule is CC(C)N(C(=O)c1ccc(Cl)cn1)c1cc(F)c(Oc2ncc(Cc3cccnc3)cc2C(F)(F)F)cc1C(=O)O. The van der Waals surface area contributed by atoms with Crippen LogP contribution in [-0.4, -0.2) is 38.0 Å². The molecule has 0 saturated carbocycles. The number of anilines is 1. The molecule has 0 saturated heterocycles. The average molecular weight is 589 g/mol. The first-order valence-electron chi connectivity index (χ1n) is 12.0. The summed E-state index contributed by atoms with van der Waals surface area (Å²) in [5, 5.41) is 10.1. The van der Waals surface area contributed by atoms with Crippen molar-refractivity contribution in [1.29, 1.82) is 0 Å². The summed E-state index contributed by atoms with van der Waals surface area (Å²) in [6, 6.07) is 7.60. The van der Waals surface area contributed by atoms with Crippen LogP contribution in [0.15, 0.2) is 67.3 Å². The minimum atomic E-state index is -4.92. The van der Waals surface area contributed by atoms with Crippen molar-refractivity contribution in [1.82, 2.24) is 15.0 Å². The van der Waals surface area contributed by atoms with E-state index in [4.69, 9.17) is 16.3 Å². The number of aromatic carboxylic acids is 1. The first-order chi connectivity index (χ1) is 19.3. The van der Waals surface area contributed by atoms with Crippen LogP contribution >= 0.6 is 11.6 Å². The van der Waals surface area contributed by atoms with Gasteiger partial charge in [0.1, 0.15) is 11.3 Å². The highest BCUT2D eigenvalue weighted by molar-refractivity contribution is 6.30. The number of carbonyl (C=O) groups excluding carboxylic acids is 1. The minimum Gasteiger partial charge on any atom is -0.478 e. The Bertz CT molecular complexity index is 1580. The van der Waals surface area contributed by atoms with Crippen molar-refractivity contribution in [2.45, 2.75) is 32.5 Å². The highest BCUT2D eigenvalue weighted by atomic mass is 35.5. The number of amides is 1. The summed E-state index contributed by atoms with van der Waals surface area (Å²) in [5.41, 5.74) is -1.49. The molecule has 4 aromatic rings. The number of aromatic nitrogens is 3. The maximum Gasteiger partial charge on any atom is 0.421 e. The number of carboxylic acids is 1. The number of rotatable bonds is 8. The Balaban J connectivity index is 1.74. The molecule has 0 radical (unpaired) electrons. The lowest BCUT2D eigenvalue weighted by atomic mass is 10.1.